The summed E-state index contributed by atoms with van der Waals surface area (Å²) in [4.78, 5) is 8.27. The quantitative estimate of drug-likeness (QED) is 0.438. The fourth-order valence-electron chi connectivity index (χ4n) is 2.56. The Morgan fingerprint density at radius 2 is 1.93 bits per heavy atom. The summed E-state index contributed by atoms with van der Waals surface area (Å²) in [7, 11) is 0. The minimum atomic E-state index is -4.44. The Balaban J connectivity index is 2.03. The van der Waals surface area contributed by atoms with Gasteiger partial charge in [0.1, 0.15) is 0 Å². The van der Waals surface area contributed by atoms with Gasteiger partial charge in [-0.1, -0.05) is 36.4 Å². The van der Waals surface area contributed by atoms with Gasteiger partial charge in [0, 0.05) is 30.8 Å². The normalized spacial score (nSPS) is 13.1. The van der Waals surface area contributed by atoms with Crippen LogP contribution in [0.5, 0.6) is 5.88 Å². The van der Waals surface area contributed by atoms with Gasteiger partial charge in [0.25, 0.3) is 0 Å². The maximum absolute atomic E-state index is 12.4. The topological polar surface area (TPSA) is 78.8 Å². The molecule has 2 rings (SSSR count). The summed E-state index contributed by atoms with van der Waals surface area (Å²) in [5, 5.41) is 15.9. The summed E-state index contributed by atoms with van der Waals surface area (Å²) in [6, 6.07) is 12.8. The van der Waals surface area contributed by atoms with Crippen LogP contribution in [0.2, 0.25) is 0 Å². The Morgan fingerprint density at radius 1 is 1.17 bits per heavy atom. The standard InChI is InChI=1S/C20H25F3N4O2/c1-2-24-19(27-12-17(13-28)15-7-4-3-5-8-15)26-11-16-9-6-10-25-18(16)29-14-20(21,22)23/h3-10,17,28H,2,11-14H2,1H3,(H2,24,26,27). The van der Waals surface area contributed by atoms with Crippen molar-refractivity contribution in [2.45, 2.75) is 25.6 Å². The number of aliphatic hydroxyl groups excluding tert-OH is 1. The lowest BCUT2D eigenvalue weighted by Crippen LogP contribution is -2.40. The smallest absolute Gasteiger partial charge is 0.422 e. The van der Waals surface area contributed by atoms with Crippen LogP contribution < -0.4 is 15.4 Å². The zero-order valence-corrected chi connectivity index (χ0v) is 16.1. The lowest BCUT2D eigenvalue weighted by atomic mass is 10.0. The summed E-state index contributed by atoms with van der Waals surface area (Å²) >= 11 is 0. The van der Waals surface area contributed by atoms with Gasteiger partial charge < -0.3 is 20.5 Å². The molecule has 1 aromatic carbocycles. The summed E-state index contributed by atoms with van der Waals surface area (Å²) in [6.45, 7) is 1.59. The zero-order chi connectivity index (χ0) is 21.1. The number of pyridine rings is 1. The highest BCUT2D eigenvalue weighted by Crippen LogP contribution is 2.20. The molecular formula is C20H25F3N4O2. The first kappa shape index (κ1) is 22.5. The SMILES string of the molecule is CCNC(=NCc1cccnc1OCC(F)(F)F)NCC(CO)c1ccccc1. The molecule has 1 unspecified atom stereocenters. The number of hydrogen-bond acceptors (Lipinski definition) is 4. The monoisotopic (exact) mass is 410 g/mol. The number of aromatic nitrogens is 1. The number of guanidine groups is 1. The van der Waals surface area contributed by atoms with E-state index in [-0.39, 0.29) is 24.9 Å². The number of halogens is 3. The molecule has 0 aliphatic rings. The lowest BCUT2D eigenvalue weighted by molar-refractivity contribution is -0.154. The molecule has 1 aromatic heterocycles. The second-order valence-electron chi connectivity index (χ2n) is 6.24. The van der Waals surface area contributed by atoms with Crippen molar-refractivity contribution in [1.29, 1.82) is 0 Å². The number of rotatable bonds is 9. The highest BCUT2D eigenvalue weighted by molar-refractivity contribution is 5.79. The number of ether oxygens (including phenoxy) is 1. The largest absolute Gasteiger partial charge is 0.468 e. The number of nitrogens with zero attached hydrogens (tertiary/aromatic N) is 2. The van der Waals surface area contributed by atoms with Crippen LogP contribution in [0.1, 0.15) is 24.0 Å². The number of nitrogens with one attached hydrogen (secondary N) is 2. The summed E-state index contributed by atoms with van der Waals surface area (Å²) < 4.78 is 42.0. The third-order valence-electron chi connectivity index (χ3n) is 3.98. The van der Waals surface area contributed by atoms with Crippen molar-refractivity contribution in [3.05, 3.63) is 59.8 Å². The first-order chi connectivity index (χ1) is 13.9. The number of hydrogen-bond donors (Lipinski definition) is 3. The van der Waals surface area contributed by atoms with Gasteiger partial charge in [-0.05, 0) is 18.6 Å². The van der Waals surface area contributed by atoms with E-state index in [0.717, 1.165) is 5.56 Å². The van der Waals surface area contributed by atoms with Crippen molar-refractivity contribution in [1.82, 2.24) is 15.6 Å². The maximum Gasteiger partial charge on any atom is 0.422 e. The van der Waals surface area contributed by atoms with Gasteiger partial charge in [-0.3, -0.25) is 0 Å². The molecule has 0 saturated heterocycles. The van der Waals surface area contributed by atoms with Crippen molar-refractivity contribution >= 4 is 5.96 Å². The first-order valence-corrected chi connectivity index (χ1v) is 9.24. The molecule has 6 nitrogen and oxygen atoms in total. The van der Waals surface area contributed by atoms with Crippen LogP contribution in [0.25, 0.3) is 0 Å². The molecule has 0 spiro atoms. The van der Waals surface area contributed by atoms with Crippen LogP contribution in [0.15, 0.2) is 53.7 Å². The van der Waals surface area contributed by atoms with E-state index < -0.39 is 12.8 Å². The second kappa shape index (κ2) is 11.3. The van der Waals surface area contributed by atoms with Crippen LogP contribution in [0, 0.1) is 0 Å². The van der Waals surface area contributed by atoms with Gasteiger partial charge in [0.15, 0.2) is 12.6 Å². The zero-order valence-electron chi connectivity index (χ0n) is 16.1. The average molecular weight is 410 g/mol. The van der Waals surface area contributed by atoms with E-state index in [1.54, 1.807) is 12.1 Å². The van der Waals surface area contributed by atoms with Gasteiger partial charge in [0.2, 0.25) is 5.88 Å². The molecule has 158 valence electrons. The van der Waals surface area contributed by atoms with Gasteiger partial charge in [-0.25, -0.2) is 9.98 Å². The molecule has 9 heteroatoms. The Labute approximate surface area is 167 Å². The molecule has 0 radical (unpaired) electrons. The van der Waals surface area contributed by atoms with Crippen LogP contribution in [-0.2, 0) is 6.54 Å². The van der Waals surface area contributed by atoms with Crippen LogP contribution in [-0.4, -0.2) is 48.5 Å². The average Bonchev–Trinajstić information content (AvgIpc) is 2.71. The molecule has 0 fully saturated rings. The highest BCUT2D eigenvalue weighted by Gasteiger charge is 2.29. The highest BCUT2D eigenvalue weighted by atomic mass is 19.4. The van der Waals surface area contributed by atoms with Crippen molar-refractivity contribution in [3.63, 3.8) is 0 Å². The third-order valence-corrected chi connectivity index (χ3v) is 3.98. The minimum Gasteiger partial charge on any atom is -0.468 e. The molecule has 0 amide bonds. The van der Waals surface area contributed by atoms with Crippen molar-refractivity contribution < 1.29 is 23.0 Å². The van der Waals surface area contributed by atoms with E-state index in [1.165, 1.54) is 6.20 Å². The molecule has 1 heterocycles. The lowest BCUT2D eigenvalue weighted by Gasteiger charge is -2.18. The first-order valence-electron chi connectivity index (χ1n) is 9.24. The van der Waals surface area contributed by atoms with Crippen molar-refractivity contribution in [2.75, 3.05) is 26.3 Å². The fourth-order valence-corrected chi connectivity index (χ4v) is 2.56. The number of alkyl halides is 3. The second-order valence-corrected chi connectivity index (χ2v) is 6.24. The fraction of sp³-hybridized carbons (Fsp3) is 0.400. The summed E-state index contributed by atoms with van der Waals surface area (Å²) in [6.07, 6.45) is -3.07. The van der Waals surface area contributed by atoms with Crippen LogP contribution in [0.3, 0.4) is 0 Å². The summed E-state index contributed by atoms with van der Waals surface area (Å²) in [5.41, 5.74) is 1.43. The third kappa shape index (κ3) is 7.98. The predicted octanol–water partition coefficient (Wildman–Crippen LogP) is 2.85. The molecule has 0 saturated carbocycles. The Morgan fingerprint density at radius 3 is 2.59 bits per heavy atom. The van der Waals surface area contributed by atoms with Gasteiger partial charge in [-0.2, -0.15) is 13.2 Å². The maximum atomic E-state index is 12.4. The Bertz CT molecular complexity index is 770. The van der Waals surface area contributed by atoms with E-state index in [4.69, 9.17) is 4.74 Å². The Hall–Kier alpha value is -2.81. The van der Waals surface area contributed by atoms with Gasteiger partial charge in [-0.15, -0.1) is 0 Å². The van der Waals surface area contributed by atoms with E-state index >= 15 is 0 Å². The molecule has 0 aliphatic heterocycles. The van der Waals surface area contributed by atoms with Crippen molar-refractivity contribution in [2.24, 2.45) is 4.99 Å². The van der Waals surface area contributed by atoms with E-state index in [2.05, 4.69) is 20.6 Å². The number of aliphatic imine (C=N–C) groups is 1. The molecule has 3 N–H and O–H groups in total. The van der Waals surface area contributed by atoms with Crippen molar-refractivity contribution in [3.8, 4) is 5.88 Å². The van der Waals surface area contributed by atoms with E-state index in [0.29, 0.717) is 24.6 Å². The van der Waals surface area contributed by atoms with E-state index in [1.807, 2.05) is 37.3 Å². The molecular weight excluding hydrogens is 385 g/mol. The minimum absolute atomic E-state index is 0.0333. The number of aliphatic hydroxyl groups is 1. The summed E-state index contributed by atoms with van der Waals surface area (Å²) in [5.74, 6) is 0.263. The molecule has 2 aromatic rings. The molecule has 0 aliphatic carbocycles. The molecule has 29 heavy (non-hydrogen) atoms. The predicted molar refractivity (Wildman–Crippen MR) is 105 cm³/mol. The van der Waals surface area contributed by atoms with Crippen LogP contribution >= 0.6 is 0 Å². The Kier molecular flexibility index (Phi) is 8.72. The van der Waals surface area contributed by atoms with Crippen LogP contribution in [0.4, 0.5) is 13.2 Å². The number of benzene rings is 1. The van der Waals surface area contributed by atoms with Gasteiger partial charge in [0.05, 0.1) is 13.2 Å². The van der Waals surface area contributed by atoms with Gasteiger partial charge >= 0.3 is 6.18 Å². The molecule has 0 bridgehead atoms. The van der Waals surface area contributed by atoms with E-state index in [9.17, 15) is 18.3 Å². The molecule has 1 atom stereocenters.